The van der Waals surface area contributed by atoms with Gasteiger partial charge in [-0.25, -0.2) is 9.79 Å². The number of anilines is 1. The molecule has 0 spiro atoms. The first-order valence-electron chi connectivity index (χ1n) is 8.42. The number of carbonyl (C=O) groups excluding carboxylic acids is 1. The molecule has 0 bridgehead atoms. The topological polar surface area (TPSA) is 76.7 Å². The molecule has 5 heteroatoms. The van der Waals surface area contributed by atoms with E-state index in [-0.39, 0.29) is 5.97 Å². The van der Waals surface area contributed by atoms with Gasteiger partial charge in [0, 0.05) is 5.69 Å². The van der Waals surface area contributed by atoms with Gasteiger partial charge in [0.05, 0.1) is 18.7 Å². The zero-order chi connectivity index (χ0) is 18.2. The fourth-order valence-corrected chi connectivity index (χ4v) is 2.30. The van der Waals surface area contributed by atoms with Crippen molar-refractivity contribution in [2.75, 3.05) is 11.9 Å². The second-order valence-electron chi connectivity index (χ2n) is 6.02. The summed E-state index contributed by atoms with van der Waals surface area (Å²) in [5.74, 6) is 0.497. The van der Waals surface area contributed by atoms with Gasteiger partial charge in [-0.05, 0) is 48.2 Å². The van der Waals surface area contributed by atoms with Crippen molar-refractivity contribution < 1.29 is 9.53 Å². The highest BCUT2D eigenvalue weighted by molar-refractivity contribution is 5.92. The minimum Gasteiger partial charge on any atom is -0.462 e. The lowest BCUT2D eigenvalue weighted by Crippen LogP contribution is -2.22. The van der Waals surface area contributed by atoms with Crippen LogP contribution in [0, 0.1) is 0 Å². The van der Waals surface area contributed by atoms with Crippen LogP contribution in [-0.2, 0) is 11.3 Å². The number of aliphatic imine (C=N–C) groups is 1. The third-order valence-corrected chi connectivity index (χ3v) is 3.72. The van der Waals surface area contributed by atoms with E-state index < -0.39 is 0 Å². The number of esters is 1. The summed E-state index contributed by atoms with van der Waals surface area (Å²) >= 11 is 0. The summed E-state index contributed by atoms with van der Waals surface area (Å²) in [7, 11) is 0. The number of carbonyl (C=O) groups is 1. The minimum atomic E-state index is -0.316. The molecule has 0 atom stereocenters. The Hall–Kier alpha value is -2.82. The van der Waals surface area contributed by atoms with E-state index in [1.165, 1.54) is 5.56 Å². The zero-order valence-electron chi connectivity index (χ0n) is 15.0. The first-order chi connectivity index (χ1) is 12.0. The molecule has 0 aliphatic rings. The normalized spacial score (nSPS) is 11.4. The van der Waals surface area contributed by atoms with Crippen LogP contribution in [0.1, 0.15) is 48.2 Å². The summed E-state index contributed by atoms with van der Waals surface area (Å²) in [6.07, 6.45) is 0. The van der Waals surface area contributed by atoms with Crippen LogP contribution in [0.2, 0.25) is 0 Å². The average molecular weight is 339 g/mol. The van der Waals surface area contributed by atoms with Crippen molar-refractivity contribution in [2.24, 2.45) is 10.7 Å². The Balaban J connectivity index is 1.96. The standard InChI is InChI=1S/C20H25N3O2/c1-4-25-19(24)16-10-8-15(9-11-16)13-22-20(21)23-18-7-5-6-17(12-18)14(2)3/h5-12,14H,4,13H2,1-3H3,(H3,21,22,23). The van der Waals surface area contributed by atoms with Gasteiger partial charge in [0.1, 0.15) is 0 Å². The Morgan fingerprint density at radius 3 is 2.56 bits per heavy atom. The highest BCUT2D eigenvalue weighted by Gasteiger charge is 2.05. The van der Waals surface area contributed by atoms with Gasteiger partial charge < -0.3 is 15.8 Å². The number of benzene rings is 2. The molecule has 0 aromatic heterocycles. The van der Waals surface area contributed by atoms with Gasteiger partial charge in [0.2, 0.25) is 0 Å². The predicted molar refractivity (Wildman–Crippen MR) is 102 cm³/mol. The van der Waals surface area contributed by atoms with Gasteiger partial charge in [-0.3, -0.25) is 0 Å². The maximum Gasteiger partial charge on any atom is 0.338 e. The summed E-state index contributed by atoms with van der Waals surface area (Å²) in [4.78, 5) is 16.0. The number of nitrogens with one attached hydrogen (secondary N) is 1. The molecule has 0 unspecified atom stereocenters. The third-order valence-electron chi connectivity index (χ3n) is 3.72. The molecule has 3 N–H and O–H groups in total. The van der Waals surface area contributed by atoms with Crippen molar-refractivity contribution in [3.8, 4) is 0 Å². The molecule has 0 aliphatic carbocycles. The van der Waals surface area contributed by atoms with Crippen molar-refractivity contribution in [1.29, 1.82) is 0 Å². The molecule has 0 saturated heterocycles. The summed E-state index contributed by atoms with van der Waals surface area (Å²) in [5.41, 5.74) is 9.63. The smallest absolute Gasteiger partial charge is 0.338 e. The lowest BCUT2D eigenvalue weighted by molar-refractivity contribution is 0.0526. The molecular formula is C20H25N3O2. The first-order valence-corrected chi connectivity index (χ1v) is 8.42. The molecule has 2 aromatic carbocycles. The molecule has 25 heavy (non-hydrogen) atoms. The number of guanidine groups is 1. The van der Waals surface area contributed by atoms with Crippen LogP contribution in [-0.4, -0.2) is 18.5 Å². The summed E-state index contributed by atoms with van der Waals surface area (Å²) in [5, 5.41) is 3.11. The number of nitrogens with zero attached hydrogens (tertiary/aromatic N) is 1. The Morgan fingerprint density at radius 1 is 1.20 bits per heavy atom. The molecule has 2 aromatic rings. The Kier molecular flexibility index (Phi) is 6.57. The number of ether oxygens (including phenoxy) is 1. The van der Waals surface area contributed by atoms with Crippen LogP contribution in [0.25, 0.3) is 0 Å². The van der Waals surface area contributed by atoms with Crippen LogP contribution in [0.4, 0.5) is 5.69 Å². The monoisotopic (exact) mass is 339 g/mol. The Bertz CT molecular complexity index is 737. The largest absolute Gasteiger partial charge is 0.462 e. The van der Waals surface area contributed by atoms with Gasteiger partial charge in [-0.2, -0.15) is 0 Å². The fraction of sp³-hybridized carbons (Fsp3) is 0.300. The number of hydrogen-bond donors (Lipinski definition) is 2. The van der Waals surface area contributed by atoms with E-state index in [1.54, 1.807) is 19.1 Å². The van der Waals surface area contributed by atoms with Crippen LogP contribution in [0.5, 0.6) is 0 Å². The van der Waals surface area contributed by atoms with Crippen molar-refractivity contribution in [1.82, 2.24) is 0 Å². The molecule has 0 saturated carbocycles. The zero-order valence-corrected chi connectivity index (χ0v) is 15.0. The van der Waals surface area contributed by atoms with Gasteiger partial charge >= 0.3 is 5.97 Å². The van der Waals surface area contributed by atoms with Crippen molar-refractivity contribution >= 4 is 17.6 Å². The van der Waals surface area contributed by atoms with Crippen molar-refractivity contribution in [3.05, 3.63) is 65.2 Å². The molecule has 0 heterocycles. The molecule has 2 rings (SSSR count). The lowest BCUT2D eigenvalue weighted by atomic mass is 10.0. The van der Waals surface area contributed by atoms with Crippen LogP contribution in [0.3, 0.4) is 0 Å². The van der Waals surface area contributed by atoms with Crippen LogP contribution < -0.4 is 11.1 Å². The molecule has 0 amide bonds. The van der Waals surface area contributed by atoms with Crippen molar-refractivity contribution in [3.63, 3.8) is 0 Å². The molecular weight excluding hydrogens is 314 g/mol. The third kappa shape index (κ3) is 5.64. The molecule has 5 nitrogen and oxygen atoms in total. The Labute approximate surface area is 148 Å². The molecule has 0 radical (unpaired) electrons. The highest BCUT2D eigenvalue weighted by atomic mass is 16.5. The van der Waals surface area contributed by atoms with Crippen LogP contribution >= 0.6 is 0 Å². The van der Waals surface area contributed by atoms with E-state index in [0.29, 0.717) is 30.6 Å². The quantitative estimate of drug-likeness (QED) is 0.475. The predicted octanol–water partition coefficient (Wildman–Crippen LogP) is 3.91. The fourth-order valence-electron chi connectivity index (χ4n) is 2.30. The van der Waals surface area contributed by atoms with Crippen LogP contribution in [0.15, 0.2) is 53.5 Å². The maximum atomic E-state index is 11.6. The highest BCUT2D eigenvalue weighted by Crippen LogP contribution is 2.18. The number of nitrogens with two attached hydrogens (primary N) is 1. The SMILES string of the molecule is CCOC(=O)c1ccc(CN=C(N)Nc2cccc(C(C)C)c2)cc1. The minimum absolute atomic E-state index is 0.316. The lowest BCUT2D eigenvalue weighted by Gasteiger charge is -2.10. The number of hydrogen-bond acceptors (Lipinski definition) is 3. The van der Waals surface area contributed by atoms with Gasteiger partial charge in [0.15, 0.2) is 5.96 Å². The molecule has 0 aliphatic heterocycles. The van der Waals surface area contributed by atoms with Crippen molar-refractivity contribution in [2.45, 2.75) is 33.2 Å². The van der Waals surface area contributed by atoms with E-state index in [9.17, 15) is 4.79 Å². The molecule has 132 valence electrons. The second kappa shape index (κ2) is 8.87. The summed E-state index contributed by atoms with van der Waals surface area (Å²) in [6.45, 7) is 6.89. The van der Waals surface area contributed by atoms with E-state index in [0.717, 1.165) is 11.3 Å². The number of rotatable bonds is 6. The van der Waals surface area contributed by atoms with Gasteiger partial charge in [-0.15, -0.1) is 0 Å². The van der Waals surface area contributed by atoms with E-state index in [1.807, 2.05) is 24.3 Å². The van der Waals surface area contributed by atoms with E-state index >= 15 is 0 Å². The van der Waals surface area contributed by atoms with Gasteiger partial charge in [-0.1, -0.05) is 38.1 Å². The van der Waals surface area contributed by atoms with Gasteiger partial charge in [0.25, 0.3) is 0 Å². The maximum absolute atomic E-state index is 11.6. The Morgan fingerprint density at radius 2 is 1.92 bits per heavy atom. The average Bonchev–Trinajstić information content (AvgIpc) is 2.61. The summed E-state index contributed by atoms with van der Waals surface area (Å²) in [6, 6.07) is 15.3. The van der Waals surface area contributed by atoms with E-state index in [4.69, 9.17) is 10.5 Å². The first kappa shape index (κ1) is 18.5. The second-order valence-corrected chi connectivity index (χ2v) is 6.02. The van der Waals surface area contributed by atoms with E-state index in [2.05, 4.69) is 36.3 Å². The molecule has 0 fully saturated rings. The summed E-state index contributed by atoms with van der Waals surface area (Å²) < 4.78 is 4.96.